The summed E-state index contributed by atoms with van der Waals surface area (Å²) >= 11 is 0. The molecule has 3 nitrogen and oxygen atoms in total. The third kappa shape index (κ3) is 1.91. The number of hydrogen-bond donors (Lipinski definition) is 2. The zero-order valence-electron chi connectivity index (χ0n) is 8.14. The molecule has 3 heteroatoms. The molecule has 1 heterocycles. The molecule has 1 aromatic heterocycles. The Labute approximate surface area is 79.0 Å². The van der Waals surface area contributed by atoms with Gasteiger partial charge in [0.25, 0.3) is 0 Å². The maximum absolute atomic E-state index is 4.41. The number of rotatable bonds is 4. The lowest BCUT2D eigenvalue weighted by Crippen LogP contribution is -2.12. The summed E-state index contributed by atoms with van der Waals surface area (Å²) in [6, 6.07) is 0. The topological polar surface area (TPSA) is 40.7 Å². The van der Waals surface area contributed by atoms with Crippen LogP contribution in [0.15, 0.2) is 6.20 Å². The predicted molar refractivity (Wildman–Crippen MR) is 52.8 cm³/mol. The van der Waals surface area contributed by atoms with E-state index in [1.165, 1.54) is 30.8 Å². The summed E-state index contributed by atoms with van der Waals surface area (Å²) in [5, 5.41) is 3.13. The molecule has 0 aromatic carbocycles. The van der Waals surface area contributed by atoms with Gasteiger partial charge in [-0.05, 0) is 19.9 Å². The number of likely N-dealkylation sites (N-methyl/N-ethyl adjacent to an activating group) is 1. The second-order valence-corrected chi connectivity index (χ2v) is 3.78. The van der Waals surface area contributed by atoms with Crippen LogP contribution in [0.4, 0.5) is 0 Å². The zero-order chi connectivity index (χ0) is 9.10. The molecule has 0 spiro atoms. The molecule has 13 heavy (non-hydrogen) atoms. The van der Waals surface area contributed by atoms with Gasteiger partial charge in [0.2, 0.25) is 0 Å². The van der Waals surface area contributed by atoms with Gasteiger partial charge in [0.05, 0.1) is 0 Å². The number of nitrogens with zero attached hydrogens (tertiary/aromatic N) is 1. The molecule has 1 saturated carbocycles. The first kappa shape index (κ1) is 8.75. The molecule has 1 aliphatic rings. The molecule has 2 rings (SSSR count). The number of H-pyrrole nitrogens is 1. The van der Waals surface area contributed by atoms with Gasteiger partial charge in [-0.15, -0.1) is 0 Å². The minimum absolute atomic E-state index is 0.725. The molecule has 0 radical (unpaired) electrons. The van der Waals surface area contributed by atoms with Crippen molar-refractivity contribution in [1.82, 2.24) is 15.3 Å². The van der Waals surface area contributed by atoms with Crippen molar-refractivity contribution in [1.29, 1.82) is 0 Å². The highest BCUT2D eigenvalue weighted by Gasteiger charge is 2.21. The molecule has 72 valence electrons. The van der Waals surface area contributed by atoms with Gasteiger partial charge in [-0.3, -0.25) is 0 Å². The van der Waals surface area contributed by atoms with Crippen molar-refractivity contribution < 1.29 is 0 Å². The van der Waals surface area contributed by atoms with E-state index in [-0.39, 0.29) is 0 Å². The number of aromatic amines is 1. The van der Waals surface area contributed by atoms with E-state index >= 15 is 0 Å². The Morgan fingerprint density at radius 3 is 3.08 bits per heavy atom. The predicted octanol–water partition coefficient (Wildman–Crippen LogP) is 1.44. The first-order valence-electron chi connectivity index (χ1n) is 5.08. The Kier molecular flexibility index (Phi) is 2.64. The molecule has 1 aromatic rings. The van der Waals surface area contributed by atoms with Gasteiger partial charge < -0.3 is 10.3 Å². The van der Waals surface area contributed by atoms with Crippen LogP contribution in [0.3, 0.4) is 0 Å². The van der Waals surface area contributed by atoms with Crippen LogP contribution < -0.4 is 5.32 Å². The molecule has 0 aliphatic heterocycles. The van der Waals surface area contributed by atoms with Crippen molar-refractivity contribution in [2.45, 2.75) is 31.6 Å². The molecule has 1 fully saturated rings. The van der Waals surface area contributed by atoms with Crippen molar-refractivity contribution >= 4 is 0 Å². The SMILES string of the molecule is CNCCc1cnc(C2CCC2)[nH]1. The van der Waals surface area contributed by atoms with Crippen LogP contribution in [0.5, 0.6) is 0 Å². The molecule has 0 amide bonds. The summed E-state index contributed by atoms with van der Waals surface area (Å²) in [5.74, 6) is 1.93. The lowest BCUT2D eigenvalue weighted by Gasteiger charge is -2.22. The molecule has 0 unspecified atom stereocenters. The molecule has 1 aliphatic carbocycles. The van der Waals surface area contributed by atoms with Gasteiger partial charge in [-0.2, -0.15) is 0 Å². The summed E-state index contributed by atoms with van der Waals surface area (Å²) in [7, 11) is 1.98. The third-order valence-electron chi connectivity index (χ3n) is 2.78. The van der Waals surface area contributed by atoms with Gasteiger partial charge in [0.1, 0.15) is 5.82 Å². The fourth-order valence-electron chi connectivity index (χ4n) is 1.65. The normalized spacial score (nSPS) is 17.3. The van der Waals surface area contributed by atoms with Crippen LogP contribution in [0.25, 0.3) is 0 Å². The van der Waals surface area contributed by atoms with Crippen LogP contribution in [0.1, 0.15) is 36.7 Å². The smallest absolute Gasteiger partial charge is 0.109 e. The zero-order valence-corrected chi connectivity index (χ0v) is 8.14. The van der Waals surface area contributed by atoms with E-state index in [9.17, 15) is 0 Å². The van der Waals surface area contributed by atoms with Crippen molar-refractivity contribution in [3.05, 3.63) is 17.7 Å². The first-order chi connectivity index (χ1) is 6.40. The van der Waals surface area contributed by atoms with E-state index in [2.05, 4.69) is 15.3 Å². The van der Waals surface area contributed by atoms with Gasteiger partial charge in [-0.25, -0.2) is 4.98 Å². The highest BCUT2D eigenvalue weighted by atomic mass is 14.9. The van der Waals surface area contributed by atoms with Crippen molar-refractivity contribution in [2.24, 2.45) is 0 Å². The average molecular weight is 179 g/mol. The van der Waals surface area contributed by atoms with Crippen molar-refractivity contribution in [2.75, 3.05) is 13.6 Å². The summed E-state index contributed by atoms with van der Waals surface area (Å²) < 4.78 is 0. The van der Waals surface area contributed by atoms with Crippen LogP contribution in [-0.2, 0) is 6.42 Å². The van der Waals surface area contributed by atoms with Gasteiger partial charge in [-0.1, -0.05) is 6.42 Å². The molecule has 0 bridgehead atoms. The molecular formula is C10H17N3. The van der Waals surface area contributed by atoms with Crippen LogP contribution >= 0.6 is 0 Å². The lowest BCUT2D eigenvalue weighted by atomic mass is 9.85. The van der Waals surface area contributed by atoms with Gasteiger partial charge in [0, 0.05) is 30.8 Å². The minimum atomic E-state index is 0.725. The van der Waals surface area contributed by atoms with Crippen molar-refractivity contribution in [3.63, 3.8) is 0 Å². The number of imidazole rings is 1. The van der Waals surface area contributed by atoms with E-state index in [1.807, 2.05) is 13.2 Å². The van der Waals surface area contributed by atoms with E-state index in [1.54, 1.807) is 0 Å². The Bertz CT molecular complexity index is 263. The summed E-state index contributed by atoms with van der Waals surface area (Å²) in [4.78, 5) is 7.81. The minimum Gasteiger partial charge on any atom is -0.346 e. The highest BCUT2D eigenvalue weighted by Crippen LogP contribution is 2.34. The van der Waals surface area contributed by atoms with E-state index < -0.39 is 0 Å². The second-order valence-electron chi connectivity index (χ2n) is 3.78. The van der Waals surface area contributed by atoms with Gasteiger partial charge in [0.15, 0.2) is 0 Å². The Balaban J connectivity index is 1.92. The molecule has 2 N–H and O–H groups in total. The first-order valence-corrected chi connectivity index (χ1v) is 5.08. The maximum atomic E-state index is 4.41. The third-order valence-corrected chi connectivity index (χ3v) is 2.78. The van der Waals surface area contributed by atoms with Crippen LogP contribution in [0, 0.1) is 0 Å². The summed E-state index contributed by atoms with van der Waals surface area (Å²) in [6.07, 6.45) is 7.04. The maximum Gasteiger partial charge on any atom is 0.109 e. The fourth-order valence-corrected chi connectivity index (χ4v) is 1.65. The highest BCUT2D eigenvalue weighted by molar-refractivity contribution is 5.08. The van der Waals surface area contributed by atoms with Crippen LogP contribution in [-0.4, -0.2) is 23.6 Å². The monoisotopic (exact) mass is 179 g/mol. The fraction of sp³-hybridized carbons (Fsp3) is 0.700. The van der Waals surface area contributed by atoms with Crippen LogP contribution in [0.2, 0.25) is 0 Å². The Morgan fingerprint density at radius 1 is 1.62 bits per heavy atom. The Morgan fingerprint density at radius 2 is 2.46 bits per heavy atom. The largest absolute Gasteiger partial charge is 0.346 e. The second kappa shape index (κ2) is 3.92. The van der Waals surface area contributed by atoms with E-state index in [0.29, 0.717) is 0 Å². The lowest BCUT2D eigenvalue weighted by molar-refractivity contribution is 0.403. The van der Waals surface area contributed by atoms with Crippen molar-refractivity contribution in [3.8, 4) is 0 Å². The summed E-state index contributed by atoms with van der Waals surface area (Å²) in [6.45, 7) is 1.02. The number of nitrogens with one attached hydrogen (secondary N) is 2. The number of aromatic nitrogens is 2. The Hall–Kier alpha value is -0.830. The molecular weight excluding hydrogens is 162 g/mol. The quantitative estimate of drug-likeness (QED) is 0.734. The average Bonchev–Trinajstić information content (AvgIpc) is 2.46. The summed E-state index contributed by atoms with van der Waals surface area (Å²) in [5.41, 5.74) is 1.26. The van der Waals surface area contributed by atoms with Gasteiger partial charge >= 0.3 is 0 Å². The number of hydrogen-bond acceptors (Lipinski definition) is 2. The molecule has 0 saturated heterocycles. The molecule has 0 atom stereocenters. The van der Waals surface area contributed by atoms with E-state index in [0.717, 1.165) is 18.9 Å². The van der Waals surface area contributed by atoms with E-state index in [4.69, 9.17) is 0 Å². The standard InChI is InChI=1S/C10H17N3/c1-11-6-5-9-7-12-10(13-9)8-3-2-4-8/h7-8,11H,2-6H2,1H3,(H,12,13).